The molecule has 5 rings (SSSR count). The van der Waals surface area contributed by atoms with Gasteiger partial charge in [0.05, 0.1) is 0 Å². The van der Waals surface area contributed by atoms with E-state index >= 15 is 0 Å². The molecule has 0 unspecified atom stereocenters. The van der Waals surface area contributed by atoms with E-state index in [2.05, 4.69) is 0 Å². The van der Waals surface area contributed by atoms with E-state index in [4.69, 9.17) is 0 Å². The molecule has 0 aliphatic rings. The number of hydrogen-bond donors (Lipinski definition) is 7. The molecule has 7 N–H and O–H groups in total. The number of benzene rings is 5. The monoisotopic (exact) mass is 622 g/mol. The Balaban J connectivity index is 0.000000230. The first-order valence-corrected chi connectivity index (χ1v) is 15.0. The van der Waals surface area contributed by atoms with Crippen molar-refractivity contribution in [1.29, 1.82) is 0 Å². The van der Waals surface area contributed by atoms with E-state index in [9.17, 15) is 35.7 Å². The van der Waals surface area contributed by atoms with Gasteiger partial charge < -0.3 is 35.7 Å². The molecule has 7 heteroatoms. The van der Waals surface area contributed by atoms with Crippen LogP contribution in [0.4, 0.5) is 0 Å². The average Bonchev–Trinajstić information content (AvgIpc) is 2.97. The maximum atomic E-state index is 10.3. The summed E-state index contributed by atoms with van der Waals surface area (Å²) in [5, 5.41) is 69.2. The standard InChI is InChI=1S/C24H26O4.C15H16O3/c1-13-5-17(6-14(2)23(13)27)9-19-11-20(22(26)12-21(19)25)10-18-7-15(3)24(28)16(4)8-18;1-9-5-11(6-10(2)15(9)18)7-12-3-4-13(16)8-14(12)17/h5-8,11-12,25-28H,9-10H2,1-4H3;3-6,8,16-18H,7H2,1-2H3. The summed E-state index contributed by atoms with van der Waals surface area (Å²) in [5.41, 5.74) is 9.98. The second kappa shape index (κ2) is 13.8. The first kappa shape index (κ1) is 33.6. The second-order valence-corrected chi connectivity index (χ2v) is 12.2. The summed E-state index contributed by atoms with van der Waals surface area (Å²) in [6.45, 7) is 11.1. The molecular weight excluding hydrogens is 580 g/mol. The van der Waals surface area contributed by atoms with E-state index in [1.807, 2.05) is 84.0 Å². The molecule has 5 aromatic rings. The lowest BCUT2D eigenvalue weighted by molar-refractivity contribution is 0.443. The molecule has 0 heterocycles. The Bertz CT molecular complexity index is 1760. The Morgan fingerprint density at radius 3 is 0.978 bits per heavy atom. The van der Waals surface area contributed by atoms with Crippen LogP contribution in [0.15, 0.2) is 66.7 Å². The van der Waals surface area contributed by atoms with Gasteiger partial charge in [-0.3, -0.25) is 0 Å². The fourth-order valence-electron chi connectivity index (χ4n) is 5.76. The summed E-state index contributed by atoms with van der Waals surface area (Å²) in [6, 6.07) is 19.2. The molecule has 46 heavy (non-hydrogen) atoms. The molecule has 0 amide bonds. The van der Waals surface area contributed by atoms with Crippen LogP contribution < -0.4 is 0 Å². The van der Waals surface area contributed by atoms with Crippen molar-refractivity contribution in [3.05, 3.63) is 133 Å². The normalized spacial score (nSPS) is 10.8. The van der Waals surface area contributed by atoms with Gasteiger partial charge in [0.15, 0.2) is 0 Å². The summed E-state index contributed by atoms with van der Waals surface area (Å²) >= 11 is 0. The first-order valence-electron chi connectivity index (χ1n) is 15.0. The Hall–Kier alpha value is -5.30. The minimum Gasteiger partial charge on any atom is -0.508 e. The van der Waals surface area contributed by atoms with Gasteiger partial charge in [-0.2, -0.15) is 0 Å². The molecule has 0 radical (unpaired) electrons. The van der Waals surface area contributed by atoms with Crippen molar-refractivity contribution in [2.45, 2.75) is 60.8 Å². The highest BCUT2D eigenvalue weighted by Gasteiger charge is 2.13. The zero-order chi connectivity index (χ0) is 33.9. The van der Waals surface area contributed by atoms with Gasteiger partial charge in [0.2, 0.25) is 0 Å². The molecule has 7 nitrogen and oxygen atoms in total. The number of hydrogen-bond acceptors (Lipinski definition) is 7. The van der Waals surface area contributed by atoms with Crippen molar-refractivity contribution in [2.24, 2.45) is 0 Å². The lowest BCUT2D eigenvalue weighted by Crippen LogP contribution is -1.97. The highest BCUT2D eigenvalue weighted by Crippen LogP contribution is 2.34. The second-order valence-electron chi connectivity index (χ2n) is 12.2. The highest BCUT2D eigenvalue weighted by molar-refractivity contribution is 5.52. The lowest BCUT2D eigenvalue weighted by atomic mass is 9.94. The molecule has 0 aliphatic heterocycles. The van der Waals surface area contributed by atoms with Crippen molar-refractivity contribution in [3.63, 3.8) is 0 Å². The maximum Gasteiger partial charge on any atom is 0.122 e. The summed E-state index contributed by atoms with van der Waals surface area (Å²) in [7, 11) is 0. The van der Waals surface area contributed by atoms with Crippen molar-refractivity contribution < 1.29 is 35.7 Å². The average molecular weight is 623 g/mol. The van der Waals surface area contributed by atoms with Gasteiger partial charge in [-0.05, 0) is 120 Å². The quantitative estimate of drug-likeness (QED) is 0.102. The fourth-order valence-corrected chi connectivity index (χ4v) is 5.76. The van der Waals surface area contributed by atoms with Gasteiger partial charge in [-0.1, -0.05) is 42.5 Å². The van der Waals surface area contributed by atoms with Crippen molar-refractivity contribution in [1.82, 2.24) is 0 Å². The third-order valence-electron chi connectivity index (χ3n) is 8.19. The molecule has 0 saturated heterocycles. The number of rotatable bonds is 6. The van der Waals surface area contributed by atoms with Crippen LogP contribution in [0.1, 0.15) is 66.8 Å². The summed E-state index contributed by atoms with van der Waals surface area (Å²) in [5.74, 6) is 1.11. The fraction of sp³-hybridized carbons (Fsp3) is 0.231. The van der Waals surface area contributed by atoms with Crippen LogP contribution in [0.2, 0.25) is 0 Å². The van der Waals surface area contributed by atoms with Crippen LogP contribution in [-0.4, -0.2) is 35.7 Å². The van der Waals surface area contributed by atoms with Gasteiger partial charge in [0.1, 0.15) is 40.2 Å². The van der Waals surface area contributed by atoms with E-state index < -0.39 is 0 Å². The number of phenols is 7. The van der Waals surface area contributed by atoms with Crippen molar-refractivity contribution >= 4 is 0 Å². The minimum absolute atomic E-state index is 0.0442. The van der Waals surface area contributed by atoms with E-state index in [0.717, 1.165) is 55.6 Å². The number of aryl methyl sites for hydroxylation is 6. The van der Waals surface area contributed by atoms with Crippen molar-refractivity contribution in [2.75, 3.05) is 0 Å². The van der Waals surface area contributed by atoms with Crippen LogP contribution in [-0.2, 0) is 19.3 Å². The molecule has 0 fully saturated rings. The summed E-state index contributed by atoms with van der Waals surface area (Å²) < 4.78 is 0. The van der Waals surface area contributed by atoms with Gasteiger partial charge in [0.25, 0.3) is 0 Å². The Labute approximate surface area is 270 Å². The van der Waals surface area contributed by atoms with Gasteiger partial charge in [-0.25, -0.2) is 0 Å². The molecule has 5 aromatic carbocycles. The third-order valence-corrected chi connectivity index (χ3v) is 8.19. The topological polar surface area (TPSA) is 142 Å². The molecule has 0 aromatic heterocycles. The van der Waals surface area contributed by atoms with E-state index in [1.165, 1.54) is 12.1 Å². The summed E-state index contributed by atoms with van der Waals surface area (Å²) in [4.78, 5) is 0. The zero-order valence-electron chi connectivity index (χ0n) is 27.1. The van der Waals surface area contributed by atoms with Crippen molar-refractivity contribution in [3.8, 4) is 40.2 Å². The van der Waals surface area contributed by atoms with E-state index in [-0.39, 0.29) is 34.5 Å². The van der Waals surface area contributed by atoms with Gasteiger partial charge in [-0.15, -0.1) is 0 Å². The molecule has 0 atom stereocenters. The largest absolute Gasteiger partial charge is 0.508 e. The van der Waals surface area contributed by atoms with Gasteiger partial charge in [0, 0.05) is 31.4 Å². The number of aromatic hydroxyl groups is 7. The lowest BCUT2D eigenvalue weighted by Gasteiger charge is -2.13. The molecule has 0 saturated carbocycles. The molecule has 240 valence electrons. The maximum absolute atomic E-state index is 10.3. The summed E-state index contributed by atoms with van der Waals surface area (Å²) in [6.07, 6.45) is 1.55. The Kier molecular flexibility index (Phi) is 10.1. The third kappa shape index (κ3) is 7.85. The van der Waals surface area contributed by atoms with Crippen LogP contribution in [0.25, 0.3) is 0 Å². The van der Waals surface area contributed by atoms with Crippen LogP contribution in [0.5, 0.6) is 40.2 Å². The molecule has 0 bridgehead atoms. The predicted molar refractivity (Wildman–Crippen MR) is 181 cm³/mol. The first-order chi connectivity index (χ1) is 21.6. The van der Waals surface area contributed by atoms with E-state index in [0.29, 0.717) is 36.1 Å². The molecule has 0 spiro atoms. The van der Waals surface area contributed by atoms with Crippen LogP contribution >= 0.6 is 0 Å². The van der Waals surface area contributed by atoms with E-state index in [1.54, 1.807) is 12.1 Å². The minimum atomic E-state index is 0.0442. The molecule has 0 aliphatic carbocycles. The predicted octanol–water partition coefficient (Wildman–Crippen LogP) is 7.94. The Morgan fingerprint density at radius 1 is 0.348 bits per heavy atom. The zero-order valence-corrected chi connectivity index (χ0v) is 27.1. The SMILES string of the molecule is Cc1cc(Cc2cc(Cc3cc(C)c(O)c(C)c3)c(O)cc2O)cc(C)c1O.Cc1cc(Cc2ccc(O)cc2O)cc(C)c1O. The van der Waals surface area contributed by atoms with Crippen LogP contribution in [0.3, 0.4) is 0 Å². The number of phenolic OH excluding ortho intramolecular Hbond substituents is 7. The van der Waals surface area contributed by atoms with Gasteiger partial charge >= 0.3 is 0 Å². The molecular formula is C39H42O7. The highest BCUT2D eigenvalue weighted by atomic mass is 16.3. The Morgan fingerprint density at radius 2 is 0.652 bits per heavy atom. The smallest absolute Gasteiger partial charge is 0.122 e. The van der Waals surface area contributed by atoms with Crippen LogP contribution in [0, 0.1) is 41.5 Å².